The largest absolute Gasteiger partial charge is 0.457 e. The number of amides is 1. The number of carbonyl (C=O) groups is 1. The first-order chi connectivity index (χ1) is 19.5. The molecule has 0 bridgehead atoms. The molecule has 0 aliphatic rings. The van der Waals surface area contributed by atoms with Gasteiger partial charge in [0.2, 0.25) is 5.89 Å². The molecule has 202 valence electrons. The summed E-state index contributed by atoms with van der Waals surface area (Å²) < 4.78 is 11.9. The van der Waals surface area contributed by atoms with Crippen molar-refractivity contribution >= 4 is 5.91 Å². The third kappa shape index (κ3) is 7.04. The minimum atomic E-state index is -0.264. The van der Waals surface area contributed by atoms with Crippen LogP contribution in [0.15, 0.2) is 126 Å². The number of carbonyl (C=O) groups excluding carboxylic acids is 1. The molecule has 1 heterocycles. The molecule has 0 unspecified atom stereocenters. The van der Waals surface area contributed by atoms with Crippen molar-refractivity contribution in [3.63, 3.8) is 0 Å². The smallest absolute Gasteiger partial charge is 0.273 e. The van der Waals surface area contributed by atoms with Crippen LogP contribution < -0.4 is 10.1 Å². The Hall–Kier alpha value is -4.68. The molecule has 0 saturated carbocycles. The van der Waals surface area contributed by atoms with E-state index >= 15 is 0 Å². The van der Waals surface area contributed by atoms with Gasteiger partial charge in [0, 0.05) is 12.6 Å². The molecule has 4 aromatic carbocycles. The lowest BCUT2D eigenvalue weighted by Crippen LogP contribution is -2.28. The Morgan fingerprint density at radius 2 is 1.43 bits per heavy atom. The summed E-state index contributed by atoms with van der Waals surface area (Å²) in [5.41, 5.74) is 3.57. The molecular formula is C34H33N3O3. The summed E-state index contributed by atoms with van der Waals surface area (Å²) in [6.07, 6.45) is 1.43. The van der Waals surface area contributed by atoms with Crippen LogP contribution in [0.1, 0.15) is 59.0 Å². The molecule has 2 atom stereocenters. The van der Waals surface area contributed by atoms with Gasteiger partial charge >= 0.3 is 0 Å². The van der Waals surface area contributed by atoms with Crippen LogP contribution in [0.25, 0.3) is 0 Å². The van der Waals surface area contributed by atoms with Crippen molar-refractivity contribution in [2.45, 2.75) is 39.0 Å². The van der Waals surface area contributed by atoms with Crippen LogP contribution in [0.3, 0.4) is 0 Å². The lowest BCUT2D eigenvalue weighted by atomic mass is 10.1. The third-order valence-electron chi connectivity index (χ3n) is 6.86. The topological polar surface area (TPSA) is 67.6 Å². The Kier molecular flexibility index (Phi) is 8.69. The van der Waals surface area contributed by atoms with Gasteiger partial charge in [-0.15, -0.1) is 0 Å². The van der Waals surface area contributed by atoms with E-state index in [1.54, 1.807) is 0 Å². The molecule has 1 N–H and O–H groups in total. The molecule has 0 aliphatic carbocycles. The van der Waals surface area contributed by atoms with E-state index < -0.39 is 0 Å². The quantitative estimate of drug-likeness (QED) is 0.189. The molecular weight excluding hydrogens is 498 g/mol. The Labute approximate surface area is 235 Å². The van der Waals surface area contributed by atoms with Gasteiger partial charge < -0.3 is 14.5 Å². The van der Waals surface area contributed by atoms with Crippen LogP contribution in [-0.4, -0.2) is 15.8 Å². The lowest BCUT2D eigenvalue weighted by molar-refractivity contribution is 0.0934. The van der Waals surface area contributed by atoms with Crippen molar-refractivity contribution in [3.8, 4) is 11.5 Å². The average molecular weight is 532 g/mol. The normalized spacial score (nSPS) is 12.6. The molecule has 1 aromatic heterocycles. The minimum Gasteiger partial charge on any atom is -0.457 e. The highest BCUT2D eigenvalue weighted by molar-refractivity contribution is 5.92. The van der Waals surface area contributed by atoms with Gasteiger partial charge in [-0.25, -0.2) is 4.98 Å². The molecule has 0 radical (unpaired) electrons. The molecule has 40 heavy (non-hydrogen) atoms. The highest BCUT2D eigenvalue weighted by Gasteiger charge is 2.21. The van der Waals surface area contributed by atoms with E-state index in [2.05, 4.69) is 46.4 Å². The molecule has 0 aliphatic heterocycles. The maximum absolute atomic E-state index is 12.9. The van der Waals surface area contributed by atoms with Crippen molar-refractivity contribution in [2.24, 2.45) is 0 Å². The van der Waals surface area contributed by atoms with Crippen LogP contribution in [0.4, 0.5) is 0 Å². The van der Waals surface area contributed by atoms with Gasteiger partial charge in [0.05, 0.1) is 12.6 Å². The summed E-state index contributed by atoms with van der Waals surface area (Å²) in [7, 11) is 0. The van der Waals surface area contributed by atoms with E-state index in [-0.39, 0.29) is 23.7 Å². The summed E-state index contributed by atoms with van der Waals surface area (Å²) in [6, 6.07) is 37.9. The van der Waals surface area contributed by atoms with E-state index in [0.29, 0.717) is 19.0 Å². The van der Waals surface area contributed by atoms with E-state index in [0.717, 1.165) is 22.6 Å². The number of rotatable bonds is 11. The summed E-state index contributed by atoms with van der Waals surface area (Å²) in [4.78, 5) is 19.7. The number of hydrogen-bond donors (Lipinski definition) is 1. The van der Waals surface area contributed by atoms with Gasteiger partial charge in [-0.05, 0) is 54.8 Å². The van der Waals surface area contributed by atoms with Crippen molar-refractivity contribution in [2.75, 3.05) is 0 Å². The first-order valence-electron chi connectivity index (χ1n) is 13.5. The van der Waals surface area contributed by atoms with Gasteiger partial charge in [0.1, 0.15) is 17.8 Å². The second-order valence-electron chi connectivity index (χ2n) is 9.79. The second kappa shape index (κ2) is 12.9. The summed E-state index contributed by atoms with van der Waals surface area (Å²) in [6.45, 7) is 5.18. The van der Waals surface area contributed by atoms with Crippen molar-refractivity contribution in [1.29, 1.82) is 0 Å². The van der Waals surface area contributed by atoms with Crippen molar-refractivity contribution in [1.82, 2.24) is 15.2 Å². The van der Waals surface area contributed by atoms with Gasteiger partial charge in [-0.3, -0.25) is 9.69 Å². The minimum absolute atomic E-state index is 0.0715. The Bertz CT molecular complexity index is 1500. The number of ether oxygens (including phenoxy) is 1. The van der Waals surface area contributed by atoms with Crippen LogP contribution in [0.5, 0.6) is 11.5 Å². The molecule has 5 rings (SSSR count). The average Bonchev–Trinajstić information content (AvgIpc) is 3.47. The SMILES string of the molecule is C[C@H](NC(=O)c1coc(CN(Cc2cccc(Oc3ccccc3)c2)[C@H](C)c2ccccc2)n1)c1ccccc1. The number of oxazole rings is 1. The number of nitrogens with zero attached hydrogens (tertiary/aromatic N) is 2. The first-order valence-corrected chi connectivity index (χ1v) is 13.5. The molecule has 1 amide bonds. The highest BCUT2D eigenvalue weighted by Crippen LogP contribution is 2.27. The van der Waals surface area contributed by atoms with Crippen LogP contribution in [0, 0.1) is 0 Å². The number of aromatic nitrogens is 1. The fourth-order valence-electron chi connectivity index (χ4n) is 4.60. The zero-order valence-corrected chi connectivity index (χ0v) is 22.7. The zero-order valence-electron chi connectivity index (χ0n) is 22.7. The predicted molar refractivity (Wildman–Crippen MR) is 156 cm³/mol. The Morgan fingerprint density at radius 3 is 2.12 bits per heavy atom. The van der Waals surface area contributed by atoms with Crippen molar-refractivity contribution < 1.29 is 13.9 Å². The second-order valence-corrected chi connectivity index (χ2v) is 9.79. The van der Waals surface area contributed by atoms with Crippen LogP contribution in [-0.2, 0) is 13.1 Å². The molecule has 0 saturated heterocycles. The van der Waals surface area contributed by atoms with E-state index in [9.17, 15) is 4.79 Å². The lowest BCUT2D eigenvalue weighted by Gasteiger charge is -2.28. The molecule has 0 fully saturated rings. The number of para-hydroxylation sites is 1. The summed E-state index contributed by atoms with van der Waals surface area (Å²) in [5, 5.41) is 3.00. The third-order valence-corrected chi connectivity index (χ3v) is 6.86. The zero-order chi connectivity index (χ0) is 27.7. The number of nitrogens with one attached hydrogen (secondary N) is 1. The summed E-state index contributed by atoms with van der Waals surface area (Å²) in [5.74, 6) is 1.79. The van der Waals surface area contributed by atoms with E-state index in [1.807, 2.05) is 97.9 Å². The molecule has 5 aromatic rings. The number of benzene rings is 4. The predicted octanol–water partition coefficient (Wildman–Crippen LogP) is 7.72. The highest BCUT2D eigenvalue weighted by atomic mass is 16.5. The van der Waals surface area contributed by atoms with Gasteiger partial charge in [0.25, 0.3) is 5.91 Å². The Balaban J connectivity index is 1.32. The summed E-state index contributed by atoms with van der Waals surface area (Å²) >= 11 is 0. The van der Waals surface area contributed by atoms with Gasteiger partial charge in [0.15, 0.2) is 5.69 Å². The molecule has 6 heteroatoms. The fourth-order valence-corrected chi connectivity index (χ4v) is 4.60. The fraction of sp³-hybridized carbons (Fsp3) is 0.176. The standard InChI is InChI=1S/C34H33N3O3/c1-25(28-14-6-3-7-15-28)35-34(38)32-24-39-33(36-32)23-37(26(2)29-16-8-4-9-17-29)22-27-13-12-20-31(21-27)40-30-18-10-5-11-19-30/h3-21,24-26H,22-23H2,1-2H3,(H,35,38)/t25-,26+/m0/s1. The number of hydrogen-bond acceptors (Lipinski definition) is 5. The maximum Gasteiger partial charge on any atom is 0.273 e. The molecule has 6 nitrogen and oxygen atoms in total. The van der Waals surface area contributed by atoms with Crippen LogP contribution >= 0.6 is 0 Å². The first kappa shape index (κ1) is 26.9. The van der Waals surface area contributed by atoms with E-state index in [1.165, 1.54) is 11.8 Å². The Morgan fingerprint density at radius 1 is 0.800 bits per heavy atom. The van der Waals surface area contributed by atoms with Crippen molar-refractivity contribution in [3.05, 3.63) is 150 Å². The molecule has 0 spiro atoms. The maximum atomic E-state index is 12.9. The van der Waals surface area contributed by atoms with Gasteiger partial charge in [-0.1, -0.05) is 91.0 Å². The monoisotopic (exact) mass is 531 g/mol. The van der Waals surface area contributed by atoms with Gasteiger partial charge in [-0.2, -0.15) is 0 Å². The van der Waals surface area contributed by atoms with E-state index in [4.69, 9.17) is 9.15 Å². The van der Waals surface area contributed by atoms with Crippen LogP contribution in [0.2, 0.25) is 0 Å².